The quantitative estimate of drug-likeness (QED) is 0.750. The van der Waals surface area contributed by atoms with Crippen molar-refractivity contribution in [1.29, 1.82) is 0 Å². The number of carbonyl (C=O) groups excluding carboxylic acids is 1. The molecule has 3 aromatic rings. The van der Waals surface area contributed by atoms with E-state index in [0.717, 1.165) is 29.6 Å². The number of rotatable bonds is 5. The first kappa shape index (κ1) is 17.0. The number of phenolic OH excluding ortho intramolecular Hbond substituents is 1. The van der Waals surface area contributed by atoms with Gasteiger partial charge >= 0.3 is 0 Å². The molecule has 0 unspecified atom stereocenters. The highest BCUT2D eigenvalue weighted by Crippen LogP contribution is 2.27. The molecule has 1 amide bonds. The molecule has 0 spiro atoms. The fraction of sp³-hybridized carbons (Fsp3) is 0.263. The van der Waals surface area contributed by atoms with Crippen molar-refractivity contribution in [2.45, 2.75) is 13.5 Å². The first-order valence-corrected chi connectivity index (χ1v) is 8.16. The summed E-state index contributed by atoms with van der Waals surface area (Å²) < 4.78 is 1.84. The molecule has 0 saturated heterocycles. The molecule has 2 aromatic carbocycles. The highest BCUT2D eigenvalue weighted by Gasteiger charge is 2.15. The number of hydrogen-bond acceptors (Lipinski definition) is 4. The second-order valence-corrected chi connectivity index (χ2v) is 6.34. The zero-order valence-electron chi connectivity index (χ0n) is 14.7. The van der Waals surface area contributed by atoms with Crippen molar-refractivity contribution < 1.29 is 9.90 Å². The van der Waals surface area contributed by atoms with Gasteiger partial charge in [-0.3, -0.25) is 9.48 Å². The van der Waals surface area contributed by atoms with Crippen molar-refractivity contribution >= 4 is 22.4 Å². The summed E-state index contributed by atoms with van der Waals surface area (Å²) in [5.74, 6) is -0.0358. The summed E-state index contributed by atoms with van der Waals surface area (Å²) in [7, 11) is 4.00. The Bertz CT molecular complexity index is 915. The van der Waals surface area contributed by atoms with E-state index in [-0.39, 0.29) is 11.7 Å². The average Bonchev–Trinajstić information content (AvgIpc) is 2.94. The van der Waals surface area contributed by atoms with Gasteiger partial charge in [-0.15, -0.1) is 0 Å². The van der Waals surface area contributed by atoms with Crippen LogP contribution in [0.4, 0.5) is 5.69 Å². The van der Waals surface area contributed by atoms with Gasteiger partial charge in [0.2, 0.25) is 0 Å². The Balaban J connectivity index is 1.85. The fourth-order valence-corrected chi connectivity index (χ4v) is 2.75. The number of nitrogens with zero attached hydrogens (tertiary/aromatic N) is 3. The third kappa shape index (κ3) is 3.64. The number of aromatic nitrogens is 2. The molecule has 0 saturated carbocycles. The van der Waals surface area contributed by atoms with Gasteiger partial charge in [-0.25, -0.2) is 0 Å². The average molecular weight is 338 g/mol. The lowest BCUT2D eigenvalue weighted by atomic mass is 10.1. The summed E-state index contributed by atoms with van der Waals surface area (Å²) >= 11 is 0. The minimum atomic E-state index is -0.204. The van der Waals surface area contributed by atoms with Gasteiger partial charge in [0.05, 0.1) is 18.3 Å². The topological polar surface area (TPSA) is 70.4 Å². The third-order valence-corrected chi connectivity index (χ3v) is 4.22. The molecule has 25 heavy (non-hydrogen) atoms. The number of amides is 1. The molecular weight excluding hydrogens is 316 g/mol. The van der Waals surface area contributed by atoms with Crippen molar-refractivity contribution in [3.63, 3.8) is 0 Å². The summed E-state index contributed by atoms with van der Waals surface area (Å²) in [6.07, 6.45) is 1.60. The monoisotopic (exact) mass is 338 g/mol. The Kier molecular flexibility index (Phi) is 4.72. The van der Waals surface area contributed by atoms with Gasteiger partial charge in [-0.05, 0) is 44.6 Å². The molecule has 0 radical (unpaired) electrons. The maximum absolute atomic E-state index is 12.7. The van der Waals surface area contributed by atoms with E-state index in [1.165, 1.54) is 0 Å². The van der Waals surface area contributed by atoms with E-state index < -0.39 is 0 Å². The van der Waals surface area contributed by atoms with E-state index in [1.54, 1.807) is 18.3 Å². The summed E-state index contributed by atoms with van der Waals surface area (Å²) in [5, 5.41) is 18.7. The van der Waals surface area contributed by atoms with Crippen molar-refractivity contribution in [2.24, 2.45) is 0 Å². The lowest BCUT2D eigenvalue weighted by Gasteiger charge is -2.11. The van der Waals surface area contributed by atoms with Crippen LogP contribution in [0.15, 0.2) is 42.6 Å². The van der Waals surface area contributed by atoms with Crippen LogP contribution in [0, 0.1) is 6.92 Å². The third-order valence-electron chi connectivity index (χ3n) is 4.22. The van der Waals surface area contributed by atoms with Crippen LogP contribution in [0.1, 0.15) is 16.1 Å². The van der Waals surface area contributed by atoms with Gasteiger partial charge in [0.1, 0.15) is 5.75 Å². The number of carbonyl (C=O) groups is 1. The molecule has 1 heterocycles. The Morgan fingerprint density at radius 2 is 2.08 bits per heavy atom. The zero-order chi connectivity index (χ0) is 18.0. The number of benzene rings is 2. The molecule has 1 aromatic heterocycles. The van der Waals surface area contributed by atoms with Crippen LogP contribution in [0.5, 0.6) is 5.75 Å². The van der Waals surface area contributed by atoms with Gasteiger partial charge in [-0.2, -0.15) is 5.10 Å². The molecule has 6 nitrogen and oxygen atoms in total. The molecule has 0 aliphatic carbocycles. The van der Waals surface area contributed by atoms with Gasteiger partial charge in [0, 0.05) is 23.3 Å². The van der Waals surface area contributed by atoms with E-state index in [2.05, 4.69) is 15.3 Å². The number of likely N-dealkylation sites (N-methyl/N-ethyl adjacent to an activating group) is 1. The Morgan fingerprint density at radius 3 is 2.84 bits per heavy atom. The number of nitrogens with one attached hydrogen (secondary N) is 1. The van der Waals surface area contributed by atoms with Gasteiger partial charge in [0.15, 0.2) is 0 Å². The zero-order valence-corrected chi connectivity index (χ0v) is 14.7. The molecule has 0 fully saturated rings. The van der Waals surface area contributed by atoms with Crippen LogP contribution in [0.2, 0.25) is 0 Å². The second kappa shape index (κ2) is 6.94. The Morgan fingerprint density at radius 1 is 1.28 bits per heavy atom. The van der Waals surface area contributed by atoms with E-state index in [0.29, 0.717) is 11.3 Å². The van der Waals surface area contributed by atoms with Crippen LogP contribution in [-0.4, -0.2) is 46.3 Å². The summed E-state index contributed by atoms with van der Waals surface area (Å²) in [5.41, 5.74) is 2.05. The minimum Gasteiger partial charge on any atom is -0.508 e. The second-order valence-electron chi connectivity index (χ2n) is 6.34. The Labute approximate surface area is 146 Å². The molecule has 3 rings (SSSR count). The number of fused-ring (bicyclic) bond motifs is 1. The van der Waals surface area contributed by atoms with Crippen molar-refractivity contribution in [3.8, 4) is 5.75 Å². The number of aromatic hydroxyl groups is 1. The number of phenols is 1. The van der Waals surface area contributed by atoms with Crippen molar-refractivity contribution in [1.82, 2.24) is 14.7 Å². The molecule has 0 atom stereocenters. The lowest BCUT2D eigenvalue weighted by molar-refractivity contribution is 0.102. The molecule has 0 bridgehead atoms. The van der Waals surface area contributed by atoms with E-state index in [9.17, 15) is 9.90 Å². The van der Waals surface area contributed by atoms with Crippen LogP contribution >= 0.6 is 0 Å². The predicted molar refractivity (Wildman–Crippen MR) is 99.1 cm³/mol. The fourth-order valence-electron chi connectivity index (χ4n) is 2.75. The van der Waals surface area contributed by atoms with E-state index in [1.807, 2.05) is 50.0 Å². The van der Waals surface area contributed by atoms with Crippen LogP contribution < -0.4 is 5.32 Å². The minimum absolute atomic E-state index is 0.168. The highest BCUT2D eigenvalue weighted by molar-refractivity contribution is 6.09. The van der Waals surface area contributed by atoms with Gasteiger partial charge < -0.3 is 15.3 Å². The van der Waals surface area contributed by atoms with Gasteiger partial charge in [0.25, 0.3) is 5.91 Å². The first-order chi connectivity index (χ1) is 12.0. The summed E-state index contributed by atoms with van der Waals surface area (Å²) in [6, 6.07) is 10.7. The standard InChI is InChI=1S/C19H22N4O2/c1-13-17(12-20-23(13)10-9-22(2)3)19(25)21-18-6-4-5-14-7-8-15(24)11-16(14)18/h4-8,11-12,24H,9-10H2,1-3H3,(H,21,25). The molecule has 6 heteroatoms. The lowest BCUT2D eigenvalue weighted by Crippen LogP contribution is -2.20. The maximum atomic E-state index is 12.7. The van der Waals surface area contributed by atoms with Crippen LogP contribution in [-0.2, 0) is 6.54 Å². The number of hydrogen-bond donors (Lipinski definition) is 2. The predicted octanol–water partition coefficient (Wildman–Crippen LogP) is 2.86. The van der Waals surface area contributed by atoms with E-state index >= 15 is 0 Å². The smallest absolute Gasteiger partial charge is 0.259 e. The molecule has 0 aliphatic heterocycles. The molecule has 0 aliphatic rings. The maximum Gasteiger partial charge on any atom is 0.259 e. The Hall–Kier alpha value is -2.86. The van der Waals surface area contributed by atoms with Gasteiger partial charge in [-0.1, -0.05) is 18.2 Å². The largest absolute Gasteiger partial charge is 0.508 e. The first-order valence-electron chi connectivity index (χ1n) is 8.16. The van der Waals surface area contributed by atoms with E-state index in [4.69, 9.17) is 0 Å². The number of anilines is 1. The molecular formula is C19H22N4O2. The van der Waals surface area contributed by atoms with Crippen LogP contribution in [0.3, 0.4) is 0 Å². The van der Waals surface area contributed by atoms with Crippen molar-refractivity contribution in [2.75, 3.05) is 26.0 Å². The van der Waals surface area contributed by atoms with Crippen molar-refractivity contribution in [3.05, 3.63) is 53.9 Å². The SMILES string of the molecule is Cc1c(C(=O)Nc2cccc3ccc(O)cc23)cnn1CCN(C)C. The molecule has 130 valence electrons. The van der Waals surface area contributed by atoms with Crippen LogP contribution in [0.25, 0.3) is 10.8 Å². The summed E-state index contributed by atoms with van der Waals surface area (Å²) in [6.45, 7) is 3.48. The highest BCUT2D eigenvalue weighted by atomic mass is 16.3. The molecule has 2 N–H and O–H groups in total. The summed E-state index contributed by atoms with van der Waals surface area (Å²) in [4.78, 5) is 14.8. The normalized spacial score (nSPS) is 11.2.